The van der Waals surface area contributed by atoms with Gasteiger partial charge in [0.25, 0.3) is 5.56 Å². The Bertz CT molecular complexity index is 890. The number of hydrogen-bond donors (Lipinski definition) is 2. The number of H-pyrrole nitrogens is 1. The van der Waals surface area contributed by atoms with Gasteiger partial charge in [0.2, 0.25) is 5.95 Å². The zero-order valence-corrected chi connectivity index (χ0v) is 12.1. The lowest BCUT2D eigenvalue weighted by molar-refractivity contribution is -0.137. The Morgan fingerprint density at radius 3 is 2.17 bits per heavy atom. The van der Waals surface area contributed by atoms with Crippen molar-refractivity contribution in [3.63, 3.8) is 0 Å². The molecule has 5 nitrogen and oxygen atoms in total. The van der Waals surface area contributed by atoms with Crippen LogP contribution in [0, 0.1) is 0 Å². The number of alkyl halides is 3. The normalized spacial score (nSPS) is 11.3. The molecule has 0 fully saturated rings. The first-order chi connectivity index (χ1) is 11.4. The van der Waals surface area contributed by atoms with Gasteiger partial charge in [0, 0.05) is 11.3 Å². The Balaban J connectivity index is 1.82. The van der Waals surface area contributed by atoms with E-state index in [-0.39, 0.29) is 11.6 Å². The summed E-state index contributed by atoms with van der Waals surface area (Å²) in [6.07, 6.45) is -4.40. The van der Waals surface area contributed by atoms with Crippen molar-refractivity contribution in [3.05, 3.63) is 70.5 Å². The van der Waals surface area contributed by atoms with Crippen LogP contribution >= 0.6 is 0 Å². The molecule has 3 aromatic rings. The van der Waals surface area contributed by atoms with E-state index in [1.807, 2.05) is 6.07 Å². The molecule has 0 amide bonds. The Morgan fingerprint density at radius 1 is 0.917 bits per heavy atom. The van der Waals surface area contributed by atoms with E-state index in [4.69, 9.17) is 0 Å². The number of rotatable bonds is 3. The van der Waals surface area contributed by atoms with Crippen LogP contribution in [0.1, 0.15) is 5.56 Å². The van der Waals surface area contributed by atoms with Crippen LogP contribution in [0.4, 0.5) is 24.8 Å². The Kier molecular flexibility index (Phi) is 4.03. The fourth-order valence-corrected chi connectivity index (χ4v) is 2.06. The van der Waals surface area contributed by atoms with Crippen molar-refractivity contribution >= 4 is 11.6 Å². The minimum atomic E-state index is -4.40. The average molecular weight is 332 g/mol. The topological polar surface area (TPSA) is 70.7 Å². The number of aromatic amines is 1. The second-order valence-electron chi connectivity index (χ2n) is 4.92. The second kappa shape index (κ2) is 6.15. The highest BCUT2D eigenvalue weighted by Gasteiger charge is 2.29. The highest BCUT2D eigenvalue weighted by atomic mass is 19.4. The van der Waals surface area contributed by atoms with Crippen molar-refractivity contribution in [2.24, 2.45) is 0 Å². The zero-order valence-electron chi connectivity index (χ0n) is 12.1. The first kappa shape index (κ1) is 15.7. The van der Waals surface area contributed by atoms with Crippen LogP contribution < -0.4 is 10.9 Å². The number of anilines is 2. The number of nitrogens with zero attached hydrogens (tertiary/aromatic N) is 2. The minimum Gasteiger partial charge on any atom is -0.324 e. The maximum Gasteiger partial charge on any atom is 0.416 e. The van der Waals surface area contributed by atoms with Crippen molar-refractivity contribution in [1.29, 1.82) is 0 Å². The fraction of sp³-hybridized carbons (Fsp3) is 0.0625. The molecule has 0 atom stereocenters. The van der Waals surface area contributed by atoms with E-state index >= 15 is 0 Å². The van der Waals surface area contributed by atoms with Gasteiger partial charge in [-0.2, -0.15) is 13.2 Å². The molecule has 0 radical (unpaired) electrons. The van der Waals surface area contributed by atoms with Crippen LogP contribution in [0.25, 0.3) is 11.3 Å². The zero-order chi connectivity index (χ0) is 17.2. The summed E-state index contributed by atoms with van der Waals surface area (Å²) in [5.41, 5.74) is -0.0843. The lowest BCUT2D eigenvalue weighted by Gasteiger charge is -2.08. The maximum absolute atomic E-state index is 12.5. The van der Waals surface area contributed by atoms with E-state index in [2.05, 4.69) is 20.5 Å². The summed E-state index contributed by atoms with van der Waals surface area (Å²) in [5, 5.41) is 10.4. The molecule has 0 saturated heterocycles. The van der Waals surface area contributed by atoms with Gasteiger partial charge in [-0.15, -0.1) is 10.2 Å². The highest BCUT2D eigenvalue weighted by Crippen LogP contribution is 2.30. The molecule has 0 aliphatic rings. The van der Waals surface area contributed by atoms with Crippen molar-refractivity contribution in [2.45, 2.75) is 6.18 Å². The van der Waals surface area contributed by atoms with Crippen LogP contribution in [0.15, 0.2) is 59.4 Å². The van der Waals surface area contributed by atoms with E-state index in [0.29, 0.717) is 11.3 Å². The van der Waals surface area contributed by atoms with Gasteiger partial charge in [-0.3, -0.25) is 9.78 Å². The Labute approximate surface area is 134 Å². The van der Waals surface area contributed by atoms with Crippen LogP contribution in [-0.4, -0.2) is 15.2 Å². The molecule has 0 aliphatic carbocycles. The molecule has 1 aromatic heterocycles. The smallest absolute Gasteiger partial charge is 0.324 e. The molecule has 1 heterocycles. The first-order valence-corrected chi connectivity index (χ1v) is 6.90. The Morgan fingerprint density at radius 2 is 1.58 bits per heavy atom. The van der Waals surface area contributed by atoms with Gasteiger partial charge in [0.05, 0.1) is 5.56 Å². The van der Waals surface area contributed by atoms with Gasteiger partial charge in [-0.05, 0) is 24.3 Å². The molecule has 0 saturated carbocycles. The van der Waals surface area contributed by atoms with Gasteiger partial charge in [0.15, 0.2) is 5.69 Å². The molecular formula is C16H11F3N4O. The van der Waals surface area contributed by atoms with Gasteiger partial charge in [-0.25, -0.2) is 0 Å². The minimum absolute atomic E-state index is 0.0411. The molecule has 24 heavy (non-hydrogen) atoms. The summed E-state index contributed by atoms with van der Waals surface area (Å²) in [5.74, 6) is 0.0411. The molecule has 122 valence electrons. The molecule has 0 bridgehead atoms. The fourth-order valence-electron chi connectivity index (χ4n) is 2.06. The third-order valence-corrected chi connectivity index (χ3v) is 3.22. The highest BCUT2D eigenvalue weighted by molar-refractivity contribution is 5.58. The first-order valence-electron chi connectivity index (χ1n) is 6.90. The molecule has 0 spiro atoms. The van der Waals surface area contributed by atoms with Crippen molar-refractivity contribution < 1.29 is 13.2 Å². The quantitative estimate of drug-likeness (QED) is 0.769. The lowest BCUT2D eigenvalue weighted by Crippen LogP contribution is -2.15. The van der Waals surface area contributed by atoms with E-state index in [1.54, 1.807) is 24.3 Å². The van der Waals surface area contributed by atoms with Crippen LogP contribution in [0.2, 0.25) is 0 Å². The van der Waals surface area contributed by atoms with Crippen molar-refractivity contribution in [1.82, 2.24) is 15.2 Å². The standard InChI is InChI=1S/C16H11F3N4O/c17-16(18,19)11-6-8-12(9-7-11)20-15-21-14(24)13(22-23-15)10-4-2-1-3-5-10/h1-9H,(H2,20,21,23,24). The molecule has 2 aromatic carbocycles. The predicted octanol–water partition coefficient (Wildman–Crippen LogP) is 3.59. The maximum atomic E-state index is 12.5. The molecule has 3 rings (SSSR count). The summed E-state index contributed by atoms with van der Waals surface area (Å²) in [7, 11) is 0. The van der Waals surface area contributed by atoms with Crippen LogP contribution in [-0.2, 0) is 6.18 Å². The third kappa shape index (κ3) is 3.43. The molecular weight excluding hydrogens is 321 g/mol. The number of aromatic nitrogens is 3. The molecule has 8 heteroatoms. The molecule has 2 N–H and O–H groups in total. The van der Waals surface area contributed by atoms with E-state index in [1.165, 1.54) is 12.1 Å². The second-order valence-corrected chi connectivity index (χ2v) is 4.92. The monoisotopic (exact) mass is 332 g/mol. The summed E-state index contributed by atoms with van der Waals surface area (Å²) in [4.78, 5) is 14.6. The van der Waals surface area contributed by atoms with Crippen LogP contribution in [0.5, 0.6) is 0 Å². The van der Waals surface area contributed by atoms with Crippen molar-refractivity contribution in [3.8, 4) is 11.3 Å². The van der Waals surface area contributed by atoms with E-state index < -0.39 is 17.3 Å². The average Bonchev–Trinajstić information content (AvgIpc) is 2.55. The Hall–Kier alpha value is -3.16. The SMILES string of the molecule is O=c1[nH]c(Nc2ccc(C(F)(F)F)cc2)nnc1-c1ccccc1. The lowest BCUT2D eigenvalue weighted by atomic mass is 10.2. The van der Waals surface area contributed by atoms with Crippen LogP contribution in [0.3, 0.4) is 0 Å². The summed E-state index contributed by atoms with van der Waals surface area (Å²) < 4.78 is 37.5. The van der Waals surface area contributed by atoms with E-state index in [9.17, 15) is 18.0 Å². The summed E-state index contributed by atoms with van der Waals surface area (Å²) >= 11 is 0. The summed E-state index contributed by atoms with van der Waals surface area (Å²) in [6.45, 7) is 0. The number of nitrogens with one attached hydrogen (secondary N) is 2. The summed E-state index contributed by atoms with van der Waals surface area (Å²) in [6, 6.07) is 13.2. The largest absolute Gasteiger partial charge is 0.416 e. The van der Waals surface area contributed by atoms with Gasteiger partial charge in [-0.1, -0.05) is 30.3 Å². The molecule has 0 unspecified atom stereocenters. The van der Waals surface area contributed by atoms with Crippen molar-refractivity contribution in [2.75, 3.05) is 5.32 Å². The number of benzene rings is 2. The molecule has 0 aliphatic heterocycles. The third-order valence-electron chi connectivity index (χ3n) is 3.22. The van der Waals surface area contributed by atoms with Gasteiger partial charge in [0.1, 0.15) is 0 Å². The number of hydrogen-bond acceptors (Lipinski definition) is 4. The van der Waals surface area contributed by atoms with Gasteiger partial charge < -0.3 is 5.32 Å². The van der Waals surface area contributed by atoms with Gasteiger partial charge >= 0.3 is 6.18 Å². The number of halogens is 3. The predicted molar refractivity (Wildman–Crippen MR) is 82.8 cm³/mol. The van der Waals surface area contributed by atoms with E-state index in [0.717, 1.165) is 12.1 Å².